The summed E-state index contributed by atoms with van der Waals surface area (Å²) in [7, 11) is 0. The van der Waals surface area contributed by atoms with Gasteiger partial charge in [0.15, 0.2) is 5.78 Å². The number of nitrogens with zero attached hydrogens (tertiary/aromatic N) is 1. The molecule has 0 bridgehead atoms. The van der Waals surface area contributed by atoms with Crippen molar-refractivity contribution in [2.24, 2.45) is 0 Å². The van der Waals surface area contributed by atoms with E-state index in [9.17, 15) is 4.79 Å². The third-order valence-corrected chi connectivity index (χ3v) is 4.45. The zero-order chi connectivity index (χ0) is 15.4. The number of carbonyl (C=O) groups excluding carboxylic acids is 1. The van der Waals surface area contributed by atoms with Crippen LogP contribution in [0.5, 0.6) is 0 Å². The van der Waals surface area contributed by atoms with Gasteiger partial charge in [-0.05, 0) is 44.4 Å². The molecule has 1 aliphatic heterocycles. The van der Waals surface area contributed by atoms with E-state index in [1.807, 2.05) is 19.1 Å². The molecule has 1 aromatic carbocycles. The fourth-order valence-electron chi connectivity index (χ4n) is 2.80. The number of unbranched alkanes of at least 4 members (excludes halogenated alkanes) is 1. The van der Waals surface area contributed by atoms with Crippen LogP contribution in [0.4, 0.5) is 0 Å². The Kier molecular flexibility index (Phi) is 5.59. The van der Waals surface area contributed by atoms with E-state index in [4.69, 9.17) is 0 Å². The average molecular weight is 351 g/mol. The Bertz CT molecular complexity index is 536. The van der Waals surface area contributed by atoms with Gasteiger partial charge in [-0.3, -0.25) is 4.79 Å². The summed E-state index contributed by atoms with van der Waals surface area (Å²) in [5.41, 5.74) is 6.74. The van der Waals surface area contributed by atoms with Crippen LogP contribution in [0.2, 0.25) is 0 Å². The lowest BCUT2D eigenvalue weighted by Crippen LogP contribution is -2.39. The van der Waals surface area contributed by atoms with E-state index in [0.717, 1.165) is 41.6 Å². The van der Waals surface area contributed by atoms with E-state index < -0.39 is 0 Å². The van der Waals surface area contributed by atoms with E-state index >= 15 is 0 Å². The highest BCUT2D eigenvalue weighted by Crippen LogP contribution is 2.25. The van der Waals surface area contributed by atoms with Gasteiger partial charge in [0.1, 0.15) is 0 Å². The summed E-state index contributed by atoms with van der Waals surface area (Å²) in [6.45, 7) is 6.84. The first kappa shape index (κ1) is 16.2. The molecule has 0 spiro atoms. The molecule has 4 heteroatoms. The Hall–Kier alpha value is -1.13. The van der Waals surface area contributed by atoms with Gasteiger partial charge in [0.2, 0.25) is 0 Å². The number of rotatable bonds is 6. The summed E-state index contributed by atoms with van der Waals surface area (Å²) < 4.78 is 1.08. The Labute approximate surface area is 135 Å². The van der Waals surface area contributed by atoms with Crippen LogP contribution >= 0.6 is 15.9 Å². The third kappa shape index (κ3) is 3.95. The topological polar surface area (TPSA) is 32.3 Å². The standard InChI is InChI=1S/C17H23BrN2O/c1-4-5-10-20-12(2)17(13(3)21)16(19-20)11-14-6-8-15(18)9-7-14/h6-9,16,19H,4-5,10-11H2,1-3H3. The summed E-state index contributed by atoms with van der Waals surface area (Å²) in [4.78, 5) is 12.0. The quantitative estimate of drug-likeness (QED) is 0.845. The number of hydrazine groups is 1. The monoisotopic (exact) mass is 350 g/mol. The van der Waals surface area contributed by atoms with Crippen LogP contribution in [0.3, 0.4) is 0 Å². The molecule has 0 amide bonds. The maximum Gasteiger partial charge on any atom is 0.159 e. The van der Waals surface area contributed by atoms with Crippen molar-refractivity contribution in [3.63, 3.8) is 0 Å². The number of benzene rings is 1. The second-order valence-electron chi connectivity index (χ2n) is 5.57. The van der Waals surface area contributed by atoms with Gasteiger partial charge in [0, 0.05) is 22.3 Å². The van der Waals surface area contributed by atoms with Gasteiger partial charge < -0.3 is 5.01 Å². The molecule has 1 aliphatic rings. The summed E-state index contributed by atoms with van der Waals surface area (Å²) in [6.07, 6.45) is 3.11. The van der Waals surface area contributed by atoms with E-state index in [0.29, 0.717) is 0 Å². The zero-order valence-electron chi connectivity index (χ0n) is 12.9. The minimum atomic E-state index is 0.0838. The first-order valence-corrected chi connectivity index (χ1v) is 8.32. The Morgan fingerprint density at radius 3 is 2.57 bits per heavy atom. The van der Waals surface area contributed by atoms with Crippen molar-refractivity contribution in [1.29, 1.82) is 0 Å². The van der Waals surface area contributed by atoms with Crippen molar-refractivity contribution < 1.29 is 4.79 Å². The van der Waals surface area contributed by atoms with Crippen LogP contribution in [-0.2, 0) is 11.2 Å². The van der Waals surface area contributed by atoms with Crippen molar-refractivity contribution >= 4 is 21.7 Å². The van der Waals surface area contributed by atoms with Crippen LogP contribution in [0.15, 0.2) is 40.0 Å². The third-order valence-electron chi connectivity index (χ3n) is 3.92. The number of hydrogen-bond donors (Lipinski definition) is 1. The lowest BCUT2D eigenvalue weighted by Gasteiger charge is -2.22. The highest BCUT2D eigenvalue weighted by atomic mass is 79.9. The summed E-state index contributed by atoms with van der Waals surface area (Å²) in [6, 6.07) is 8.38. The average Bonchev–Trinajstić information content (AvgIpc) is 2.75. The van der Waals surface area contributed by atoms with Gasteiger partial charge >= 0.3 is 0 Å². The molecule has 2 rings (SSSR count). The largest absolute Gasteiger partial charge is 0.312 e. The van der Waals surface area contributed by atoms with Crippen LogP contribution in [0.1, 0.15) is 39.2 Å². The molecule has 1 N–H and O–H groups in total. The molecular formula is C17H23BrN2O. The Morgan fingerprint density at radius 1 is 1.33 bits per heavy atom. The normalized spacial score (nSPS) is 18.5. The van der Waals surface area contributed by atoms with Gasteiger partial charge in [0.25, 0.3) is 0 Å². The predicted octanol–water partition coefficient (Wildman–Crippen LogP) is 3.84. The molecular weight excluding hydrogens is 328 g/mol. The maximum absolute atomic E-state index is 12.0. The fourth-order valence-corrected chi connectivity index (χ4v) is 3.06. The van der Waals surface area contributed by atoms with Gasteiger partial charge in [0.05, 0.1) is 6.04 Å². The summed E-state index contributed by atoms with van der Waals surface area (Å²) in [5, 5.41) is 2.14. The van der Waals surface area contributed by atoms with Crippen molar-refractivity contribution in [3.05, 3.63) is 45.6 Å². The van der Waals surface area contributed by atoms with Crippen molar-refractivity contribution in [3.8, 4) is 0 Å². The molecule has 0 saturated carbocycles. The number of nitrogens with one attached hydrogen (secondary N) is 1. The van der Waals surface area contributed by atoms with Gasteiger partial charge in [-0.1, -0.05) is 41.4 Å². The highest BCUT2D eigenvalue weighted by Gasteiger charge is 2.30. The minimum Gasteiger partial charge on any atom is -0.312 e. The number of ketones is 1. The predicted molar refractivity (Wildman–Crippen MR) is 89.8 cm³/mol. The smallest absolute Gasteiger partial charge is 0.159 e. The molecule has 1 unspecified atom stereocenters. The number of hydrogen-bond acceptors (Lipinski definition) is 3. The Balaban J connectivity index is 2.15. The molecule has 0 aliphatic carbocycles. The molecule has 3 nitrogen and oxygen atoms in total. The highest BCUT2D eigenvalue weighted by molar-refractivity contribution is 9.10. The van der Waals surface area contributed by atoms with Crippen LogP contribution in [-0.4, -0.2) is 23.4 Å². The molecule has 0 saturated heterocycles. The lowest BCUT2D eigenvalue weighted by molar-refractivity contribution is -0.113. The fraction of sp³-hybridized carbons (Fsp3) is 0.471. The van der Waals surface area contributed by atoms with Gasteiger partial charge in [-0.2, -0.15) is 0 Å². The molecule has 1 heterocycles. The Morgan fingerprint density at radius 2 is 2.00 bits per heavy atom. The van der Waals surface area contributed by atoms with Crippen LogP contribution in [0, 0.1) is 0 Å². The minimum absolute atomic E-state index is 0.0838. The molecule has 114 valence electrons. The number of carbonyl (C=O) groups is 1. The van der Waals surface area contributed by atoms with Crippen molar-refractivity contribution in [2.75, 3.05) is 6.54 Å². The van der Waals surface area contributed by atoms with Crippen molar-refractivity contribution in [1.82, 2.24) is 10.4 Å². The van der Waals surface area contributed by atoms with Crippen LogP contribution in [0.25, 0.3) is 0 Å². The summed E-state index contributed by atoms with van der Waals surface area (Å²) in [5.74, 6) is 0.168. The molecule has 0 aromatic heterocycles. The maximum atomic E-state index is 12.0. The molecule has 21 heavy (non-hydrogen) atoms. The molecule has 1 aromatic rings. The zero-order valence-corrected chi connectivity index (χ0v) is 14.5. The van der Waals surface area contributed by atoms with E-state index in [1.54, 1.807) is 6.92 Å². The first-order valence-electron chi connectivity index (χ1n) is 7.52. The lowest BCUT2D eigenvalue weighted by atomic mass is 9.97. The van der Waals surface area contributed by atoms with Gasteiger partial charge in [-0.25, -0.2) is 5.43 Å². The van der Waals surface area contributed by atoms with Crippen molar-refractivity contribution in [2.45, 2.75) is 46.1 Å². The summed E-state index contributed by atoms with van der Waals surface area (Å²) >= 11 is 3.45. The van der Waals surface area contributed by atoms with Gasteiger partial charge in [-0.15, -0.1) is 0 Å². The second-order valence-corrected chi connectivity index (χ2v) is 6.49. The molecule has 0 radical (unpaired) electrons. The van der Waals surface area contributed by atoms with E-state index in [1.165, 1.54) is 5.56 Å². The number of allylic oxidation sites excluding steroid dienone is 1. The SMILES string of the molecule is CCCCN1NC(Cc2ccc(Br)cc2)C(C(C)=O)=C1C. The number of halogens is 1. The molecule has 0 fully saturated rings. The second kappa shape index (κ2) is 7.23. The number of Topliss-reactive ketones (excluding diaryl/α,β-unsaturated/α-hetero) is 1. The van der Waals surface area contributed by atoms with E-state index in [-0.39, 0.29) is 11.8 Å². The van der Waals surface area contributed by atoms with Crippen LogP contribution < -0.4 is 5.43 Å². The first-order chi connectivity index (χ1) is 10.0. The van der Waals surface area contributed by atoms with E-state index in [2.05, 4.69) is 45.4 Å². The molecule has 1 atom stereocenters.